The van der Waals surface area contributed by atoms with Gasteiger partial charge in [-0.05, 0) is 18.6 Å². The second-order valence-corrected chi connectivity index (χ2v) is 6.46. The van der Waals surface area contributed by atoms with E-state index < -0.39 is 38.1 Å². The Morgan fingerprint density at radius 2 is 2.10 bits per heavy atom. The van der Waals surface area contributed by atoms with E-state index >= 15 is 0 Å². The molecule has 0 aromatic heterocycles. The van der Waals surface area contributed by atoms with Crippen LogP contribution < -0.4 is 0 Å². The molecule has 1 fully saturated rings. The van der Waals surface area contributed by atoms with Crippen LogP contribution in [0.5, 0.6) is 0 Å². The summed E-state index contributed by atoms with van der Waals surface area (Å²) in [5.41, 5.74) is -1.28. The van der Waals surface area contributed by atoms with Crippen LogP contribution in [0.15, 0.2) is 17.0 Å². The van der Waals surface area contributed by atoms with E-state index in [0.717, 1.165) is 10.4 Å². The van der Waals surface area contributed by atoms with Crippen LogP contribution in [0, 0.1) is 11.6 Å². The number of rotatable bonds is 4. The van der Waals surface area contributed by atoms with E-state index in [1.807, 2.05) is 0 Å². The molecule has 1 aromatic carbocycles. The highest BCUT2D eigenvalue weighted by Gasteiger charge is 2.36. The van der Waals surface area contributed by atoms with Gasteiger partial charge in [-0.25, -0.2) is 22.0 Å². The quantitative estimate of drug-likeness (QED) is 0.897. The Morgan fingerprint density at radius 1 is 1.43 bits per heavy atom. The third kappa shape index (κ3) is 2.76. The molecule has 0 spiro atoms. The maximum atomic E-state index is 14.1. The lowest BCUT2D eigenvalue weighted by Gasteiger charge is -2.17. The van der Waals surface area contributed by atoms with Crippen LogP contribution in [0.4, 0.5) is 8.78 Å². The number of carbonyl (C=O) groups is 1. The number of methoxy groups -OCH3 is 1. The van der Waals surface area contributed by atoms with E-state index in [4.69, 9.17) is 9.84 Å². The van der Waals surface area contributed by atoms with Crippen molar-refractivity contribution in [2.75, 3.05) is 20.2 Å². The minimum atomic E-state index is -4.24. The summed E-state index contributed by atoms with van der Waals surface area (Å²) < 4.78 is 58.0. The molecule has 6 nitrogen and oxygen atoms in total. The van der Waals surface area contributed by atoms with E-state index in [0.29, 0.717) is 12.5 Å². The number of benzene rings is 1. The molecule has 1 heterocycles. The Kier molecular flexibility index (Phi) is 4.26. The van der Waals surface area contributed by atoms with E-state index in [9.17, 15) is 22.0 Å². The topological polar surface area (TPSA) is 83.9 Å². The first-order valence-corrected chi connectivity index (χ1v) is 7.47. The maximum Gasteiger partial charge on any atom is 0.341 e. The summed E-state index contributed by atoms with van der Waals surface area (Å²) in [5.74, 6) is -4.78. The highest BCUT2D eigenvalue weighted by atomic mass is 32.2. The van der Waals surface area contributed by atoms with Crippen LogP contribution in [0.1, 0.15) is 16.8 Å². The summed E-state index contributed by atoms with van der Waals surface area (Å²) in [5, 5.41) is 8.77. The van der Waals surface area contributed by atoms with Crippen molar-refractivity contribution in [1.29, 1.82) is 0 Å². The zero-order valence-corrected chi connectivity index (χ0v) is 11.9. The highest BCUT2D eigenvalue weighted by molar-refractivity contribution is 7.89. The lowest BCUT2D eigenvalue weighted by atomic mass is 10.2. The molecular weight excluding hydrogens is 308 g/mol. The fraction of sp³-hybridized carbons (Fsp3) is 0.417. The third-order valence-corrected chi connectivity index (χ3v) is 5.21. The van der Waals surface area contributed by atoms with Crippen molar-refractivity contribution in [2.45, 2.75) is 17.4 Å². The van der Waals surface area contributed by atoms with Gasteiger partial charge in [-0.2, -0.15) is 4.31 Å². The average molecular weight is 321 g/mol. The monoisotopic (exact) mass is 321 g/mol. The Bertz CT molecular complexity index is 676. The lowest BCUT2D eigenvalue weighted by molar-refractivity contribution is 0.0685. The minimum Gasteiger partial charge on any atom is -0.477 e. The summed E-state index contributed by atoms with van der Waals surface area (Å²) in [6.07, 6.45) is 0.145. The molecule has 1 saturated heterocycles. The largest absolute Gasteiger partial charge is 0.477 e. The summed E-state index contributed by atoms with van der Waals surface area (Å²) in [4.78, 5) is 9.98. The van der Waals surface area contributed by atoms with Crippen molar-refractivity contribution in [1.82, 2.24) is 4.31 Å². The molecule has 1 aliphatic heterocycles. The number of aromatic carboxylic acids is 1. The number of halogens is 2. The fourth-order valence-corrected chi connectivity index (χ4v) is 3.73. The van der Waals surface area contributed by atoms with Gasteiger partial charge in [0.05, 0.1) is 6.10 Å². The van der Waals surface area contributed by atoms with Crippen molar-refractivity contribution in [2.24, 2.45) is 0 Å². The molecule has 1 atom stereocenters. The number of ether oxygens (including phenoxy) is 1. The van der Waals surface area contributed by atoms with Crippen molar-refractivity contribution < 1.29 is 31.8 Å². The van der Waals surface area contributed by atoms with Gasteiger partial charge >= 0.3 is 5.97 Å². The summed E-state index contributed by atoms with van der Waals surface area (Å²) in [6.45, 7) is 0.165. The van der Waals surface area contributed by atoms with E-state index in [1.165, 1.54) is 7.11 Å². The van der Waals surface area contributed by atoms with Crippen LogP contribution in [0.2, 0.25) is 0 Å². The fourth-order valence-electron chi connectivity index (χ4n) is 2.18. The van der Waals surface area contributed by atoms with Gasteiger partial charge in [0, 0.05) is 20.2 Å². The molecular formula is C12H13F2NO5S. The first-order valence-electron chi connectivity index (χ1n) is 6.03. The Balaban J connectivity index is 2.47. The number of carboxylic acid groups (broad SMARTS) is 1. The van der Waals surface area contributed by atoms with Crippen LogP contribution in [0.3, 0.4) is 0 Å². The first kappa shape index (κ1) is 15.8. The highest BCUT2D eigenvalue weighted by Crippen LogP contribution is 2.27. The van der Waals surface area contributed by atoms with Gasteiger partial charge < -0.3 is 9.84 Å². The summed E-state index contributed by atoms with van der Waals surface area (Å²) in [6, 6.07) is 1.36. The SMILES string of the molecule is COC1CCN(S(=O)(=O)c2ccc(F)c(C(=O)O)c2F)C1. The third-order valence-electron chi connectivity index (χ3n) is 3.33. The standard InChI is InChI=1S/C12H13F2NO5S/c1-20-7-4-5-15(6-7)21(18,19)9-3-2-8(13)10(11(9)14)12(16)17/h2-3,7H,4-6H2,1H3,(H,16,17). The van der Waals surface area contributed by atoms with Gasteiger partial charge in [-0.3, -0.25) is 0 Å². The van der Waals surface area contributed by atoms with Crippen LogP contribution in [-0.4, -0.2) is 50.1 Å². The normalized spacial score (nSPS) is 19.9. The second-order valence-electron chi connectivity index (χ2n) is 4.55. The minimum absolute atomic E-state index is 0.0397. The molecule has 1 aromatic rings. The van der Waals surface area contributed by atoms with Gasteiger partial charge in [0.1, 0.15) is 16.3 Å². The number of carboxylic acids is 1. The second kappa shape index (κ2) is 5.66. The molecule has 116 valence electrons. The van der Waals surface area contributed by atoms with Gasteiger partial charge in [-0.15, -0.1) is 0 Å². The molecule has 9 heteroatoms. The van der Waals surface area contributed by atoms with Crippen LogP contribution >= 0.6 is 0 Å². The molecule has 1 aliphatic rings. The van der Waals surface area contributed by atoms with Crippen molar-refractivity contribution in [3.8, 4) is 0 Å². The van der Waals surface area contributed by atoms with Crippen molar-refractivity contribution >= 4 is 16.0 Å². The molecule has 0 saturated carbocycles. The smallest absolute Gasteiger partial charge is 0.341 e. The van der Waals surface area contributed by atoms with E-state index in [-0.39, 0.29) is 19.2 Å². The average Bonchev–Trinajstić information content (AvgIpc) is 2.87. The van der Waals surface area contributed by atoms with Crippen molar-refractivity contribution in [3.63, 3.8) is 0 Å². The Hall–Kier alpha value is -1.58. The first-order chi connectivity index (χ1) is 9.78. The zero-order valence-electron chi connectivity index (χ0n) is 11.0. The number of sulfonamides is 1. The number of hydrogen-bond acceptors (Lipinski definition) is 4. The Labute approximate surface area is 120 Å². The molecule has 1 N–H and O–H groups in total. The molecule has 0 bridgehead atoms. The van der Waals surface area contributed by atoms with E-state index in [1.54, 1.807) is 0 Å². The van der Waals surface area contributed by atoms with E-state index in [2.05, 4.69) is 0 Å². The predicted octanol–water partition coefficient (Wildman–Crippen LogP) is 1.07. The number of nitrogens with zero attached hydrogens (tertiary/aromatic N) is 1. The molecule has 0 aliphatic carbocycles. The van der Waals surface area contributed by atoms with Gasteiger partial charge in [0.25, 0.3) is 0 Å². The zero-order chi connectivity index (χ0) is 15.8. The molecule has 21 heavy (non-hydrogen) atoms. The van der Waals surface area contributed by atoms with Gasteiger partial charge in [-0.1, -0.05) is 0 Å². The summed E-state index contributed by atoms with van der Waals surface area (Å²) >= 11 is 0. The molecule has 1 unspecified atom stereocenters. The Morgan fingerprint density at radius 3 is 2.62 bits per heavy atom. The molecule has 2 rings (SSSR count). The summed E-state index contributed by atoms with van der Waals surface area (Å²) in [7, 11) is -2.80. The van der Waals surface area contributed by atoms with Crippen LogP contribution in [-0.2, 0) is 14.8 Å². The van der Waals surface area contributed by atoms with Crippen molar-refractivity contribution in [3.05, 3.63) is 29.3 Å². The predicted molar refractivity (Wildman–Crippen MR) is 67.5 cm³/mol. The van der Waals surface area contributed by atoms with Crippen LogP contribution in [0.25, 0.3) is 0 Å². The number of hydrogen-bond donors (Lipinski definition) is 1. The maximum absolute atomic E-state index is 14.1. The lowest BCUT2D eigenvalue weighted by Crippen LogP contribution is -2.31. The van der Waals surface area contributed by atoms with Gasteiger partial charge in [0.15, 0.2) is 5.82 Å². The molecule has 0 amide bonds. The molecule has 0 radical (unpaired) electrons. The van der Waals surface area contributed by atoms with Gasteiger partial charge in [0.2, 0.25) is 10.0 Å².